The Labute approximate surface area is 118 Å². The number of piperidine rings is 1. The van der Waals surface area contributed by atoms with Crippen LogP contribution in [-0.2, 0) is 14.3 Å². The van der Waals surface area contributed by atoms with Crippen molar-refractivity contribution >= 4 is 11.9 Å². The molecule has 6 heteroatoms. The zero-order chi connectivity index (χ0) is 14.4. The Morgan fingerprint density at radius 1 is 1.50 bits per heavy atom. The number of aromatic nitrogens is 2. The van der Waals surface area contributed by atoms with Gasteiger partial charge in [0.1, 0.15) is 0 Å². The minimum Gasteiger partial charge on any atom is -0.469 e. The molecule has 1 aromatic heterocycles. The van der Waals surface area contributed by atoms with Gasteiger partial charge in [0.2, 0.25) is 5.91 Å². The molecule has 0 bridgehead atoms. The van der Waals surface area contributed by atoms with Crippen molar-refractivity contribution in [1.82, 2.24) is 15.1 Å². The van der Waals surface area contributed by atoms with Crippen molar-refractivity contribution in [1.29, 1.82) is 0 Å². The van der Waals surface area contributed by atoms with Crippen molar-refractivity contribution in [3.8, 4) is 0 Å². The van der Waals surface area contributed by atoms with Crippen LogP contribution in [0.15, 0.2) is 12.4 Å². The van der Waals surface area contributed by atoms with Gasteiger partial charge in [0.25, 0.3) is 0 Å². The normalized spacial score (nSPS) is 18.9. The number of methoxy groups -OCH3 is 1. The lowest BCUT2D eigenvalue weighted by molar-refractivity contribution is -0.141. The number of aromatic amines is 1. The van der Waals surface area contributed by atoms with E-state index in [1.807, 2.05) is 17.3 Å². The highest BCUT2D eigenvalue weighted by Crippen LogP contribution is 2.26. The molecule has 1 saturated heterocycles. The molecular formula is C14H21N3O3. The molecule has 1 fully saturated rings. The lowest BCUT2D eigenvalue weighted by Gasteiger charge is -2.32. The Kier molecular flexibility index (Phi) is 5.15. The fourth-order valence-electron chi connectivity index (χ4n) is 2.60. The third-order valence-corrected chi connectivity index (χ3v) is 3.76. The summed E-state index contributed by atoms with van der Waals surface area (Å²) in [6.07, 6.45) is 7.10. The minimum absolute atomic E-state index is 0.127. The second-order valence-electron chi connectivity index (χ2n) is 5.14. The van der Waals surface area contributed by atoms with Crippen LogP contribution in [0.5, 0.6) is 0 Å². The van der Waals surface area contributed by atoms with Gasteiger partial charge >= 0.3 is 5.97 Å². The van der Waals surface area contributed by atoms with E-state index in [1.54, 1.807) is 0 Å². The number of esters is 1. The highest BCUT2D eigenvalue weighted by atomic mass is 16.5. The van der Waals surface area contributed by atoms with E-state index in [0.717, 1.165) is 31.5 Å². The summed E-state index contributed by atoms with van der Waals surface area (Å²) >= 11 is 0. The largest absolute Gasteiger partial charge is 0.469 e. The van der Waals surface area contributed by atoms with Gasteiger partial charge in [0.05, 0.1) is 13.3 Å². The molecule has 110 valence electrons. The molecule has 0 aliphatic carbocycles. The van der Waals surface area contributed by atoms with Crippen LogP contribution < -0.4 is 0 Å². The number of H-pyrrole nitrogens is 1. The van der Waals surface area contributed by atoms with Gasteiger partial charge in [-0.3, -0.25) is 14.7 Å². The van der Waals surface area contributed by atoms with Gasteiger partial charge in [-0.15, -0.1) is 0 Å². The number of rotatable bonds is 5. The molecule has 1 amide bonds. The maximum atomic E-state index is 12.1. The zero-order valence-corrected chi connectivity index (χ0v) is 11.8. The van der Waals surface area contributed by atoms with Crippen LogP contribution in [0, 0.1) is 0 Å². The number of likely N-dealkylation sites (tertiary alicyclic amines) is 1. The third kappa shape index (κ3) is 3.82. The first-order valence-electron chi connectivity index (χ1n) is 7.04. The summed E-state index contributed by atoms with van der Waals surface area (Å²) < 4.78 is 4.57. The van der Waals surface area contributed by atoms with Gasteiger partial charge in [0.15, 0.2) is 0 Å². The Hall–Kier alpha value is -1.85. The Morgan fingerprint density at radius 2 is 2.35 bits per heavy atom. The average molecular weight is 279 g/mol. The molecule has 0 aromatic carbocycles. The molecule has 2 rings (SSSR count). The van der Waals surface area contributed by atoms with Gasteiger partial charge in [-0.1, -0.05) is 0 Å². The summed E-state index contributed by atoms with van der Waals surface area (Å²) in [7, 11) is 1.37. The van der Waals surface area contributed by atoms with Crippen LogP contribution in [0.25, 0.3) is 0 Å². The van der Waals surface area contributed by atoms with E-state index in [4.69, 9.17) is 0 Å². The molecule has 0 saturated carbocycles. The minimum atomic E-state index is -0.257. The quantitative estimate of drug-likeness (QED) is 0.828. The summed E-state index contributed by atoms with van der Waals surface area (Å²) in [6.45, 7) is 1.56. The Balaban J connectivity index is 1.79. The maximum Gasteiger partial charge on any atom is 0.305 e. The number of nitrogens with one attached hydrogen (secondary N) is 1. The van der Waals surface area contributed by atoms with Gasteiger partial charge in [0, 0.05) is 38.0 Å². The third-order valence-electron chi connectivity index (χ3n) is 3.76. The molecule has 1 aliphatic heterocycles. The summed E-state index contributed by atoms with van der Waals surface area (Å²) in [5.74, 6) is 0.238. The smallest absolute Gasteiger partial charge is 0.305 e. The molecule has 1 aromatic rings. The topological polar surface area (TPSA) is 75.3 Å². The standard InChI is InChI=1S/C14H21N3O3/c1-20-14(19)6-2-5-13(18)17-7-3-4-11(10-17)12-8-15-16-9-12/h8-9,11H,2-7,10H2,1H3,(H,15,16)/t11-/m1/s1. The predicted octanol–water partition coefficient (Wildman–Crippen LogP) is 1.46. The van der Waals surface area contributed by atoms with Gasteiger partial charge < -0.3 is 9.64 Å². The summed E-state index contributed by atoms with van der Waals surface area (Å²) in [5, 5.41) is 6.79. The van der Waals surface area contributed by atoms with Crippen LogP contribution in [-0.4, -0.2) is 47.2 Å². The van der Waals surface area contributed by atoms with E-state index in [2.05, 4.69) is 14.9 Å². The summed E-state index contributed by atoms with van der Waals surface area (Å²) in [5.41, 5.74) is 1.16. The molecule has 1 atom stereocenters. The number of hydrogen-bond acceptors (Lipinski definition) is 4. The first kappa shape index (κ1) is 14.6. The molecule has 6 nitrogen and oxygen atoms in total. The number of carbonyl (C=O) groups is 2. The summed E-state index contributed by atoms with van der Waals surface area (Å²) in [6, 6.07) is 0. The lowest BCUT2D eigenvalue weighted by Crippen LogP contribution is -2.38. The van der Waals surface area contributed by atoms with Gasteiger partial charge in [-0.2, -0.15) is 5.10 Å². The van der Waals surface area contributed by atoms with E-state index in [0.29, 0.717) is 25.2 Å². The van der Waals surface area contributed by atoms with E-state index in [-0.39, 0.29) is 11.9 Å². The van der Waals surface area contributed by atoms with Crippen LogP contribution in [0.2, 0.25) is 0 Å². The molecule has 20 heavy (non-hydrogen) atoms. The fourth-order valence-corrected chi connectivity index (χ4v) is 2.60. The van der Waals surface area contributed by atoms with E-state index in [9.17, 15) is 9.59 Å². The van der Waals surface area contributed by atoms with Crippen molar-refractivity contribution in [2.75, 3.05) is 20.2 Å². The zero-order valence-electron chi connectivity index (χ0n) is 11.8. The monoisotopic (exact) mass is 279 g/mol. The number of hydrogen-bond donors (Lipinski definition) is 1. The Morgan fingerprint density at radius 3 is 3.05 bits per heavy atom. The summed E-state index contributed by atoms with van der Waals surface area (Å²) in [4.78, 5) is 25.1. The van der Waals surface area contributed by atoms with Crippen molar-refractivity contribution < 1.29 is 14.3 Å². The SMILES string of the molecule is COC(=O)CCCC(=O)N1CCC[C@@H](c2cn[nH]c2)C1. The van der Waals surface area contributed by atoms with E-state index >= 15 is 0 Å². The van der Waals surface area contributed by atoms with Gasteiger partial charge in [-0.05, 0) is 24.8 Å². The number of amides is 1. The second kappa shape index (κ2) is 7.07. The first-order chi connectivity index (χ1) is 9.70. The van der Waals surface area contributed by atoms with Crippen LogP contribution in [0.3, 0.4) is 0 Å². The molecule has 0 unspecified atom stereocenters. The molecule has 0 radical (unpaired) electrons. The fraction of sp³-hybridized carbons (Fsp3) is 0.643. The molecular weight excluding hydrogens is 258 g/mol. The van der Waals surface area contributed by atoms with Crippen molar-refractivity contribution in [3.63, 3.8) is 0 Å². The van der Waals surface area contributed by atoms with Crippen LogP contribution in [0.1, 0.15) is 43.6 Å². The molecule has 2 heterocycles. The number of ether oxygens (including phenoxy) is 1. The van der Waals surface area contributed by atoms with Gasteiger partial charge in [-0.25, -0.2) is 0 Å². The first-order valence-corrected chi connectivity index (χ1v) is 7.04. The maximum absolute atomic E-state index is 12.1. The lowest BCUT2D eigenvalue weighted by atomic mass is 9.92. The van der Waals surface area contributed by atoms with Crippen molar-refractivity contribution in [3.05, 3.63) is 18.0 Å². The highest BCUT2D eigenvalue weighted by molar-refractivity contribution is 5.77. The van der Waals surface area contributed by atoms with Crippen LogP contribution in [0.4, 0.5) is 0 Å². The molecule has 1 aliphatic rings. The predicted molar refractivity (Wildman–Crippen MR) is 73.0 cm³/mol. The second-order valence-corrected chi connectivity index (χ2v) is 5.14. The number of nitrogens with zero attached hydrogens (tertiary/aromatic N) is 2. The van der Waals surface area contributed by atoms with Crippen molar-refractivity contribution in [2.45, 2.75) is 38.0 Å². The molecule has 0 spiro atoms. The van der Waals surface area contributed by atoms with Crippen molar-refractivity contribution in [2.24, 2.45) is 0 Å². The average Bonchev–Trinajstić information content (AvgIpc) is 3.01. The Bertz CT molecular complexity index is 445. The van der Waals surface area contributed by atoms with E-state index < -0.39 is 0 Å². The molecule has 1 N–H and O–H groups in total. The van der Waals surface area contributed by atoms with Crippen LogP contribution >= 0.6 is 0 Å². The highest BCUT2D eigenvalue weighted by Gasteiger charge is 2.24. The number of carbonyl (C=O) groups excluding carboxylic acids is 2. The van der Waals surface area contributed by atoms with E-state index in [1.165, 1.54) is 7.11 Å².